The number of hydrogen-bond acceptors (Lipinski definition) is 8. The first kappa shape index (κ1) is 35.2. The molecule has 3 rings (SSSR count). The molecule has 2 aromatic carbocycles. The third kappa shape index (κ3) is 9.50. The lowest BCUT2D eigenvalue weighted by molar-refractivity contribution is -0.139. The van der Waals surface area contributed by atoms with E-state index in [1.165, 1.54) is 36.0 Å². The molecule has 2 aromatic rings. The molecule has 0 fully saturated rings. The van der Waals surface area contributed by atoms with E-state index in [9.17, 15) is 33.9 Å². The van der Waals surface area contributed by atoms with Crippen molar-refractivity contribution >= 4 is 70.3 Å². The zero-order valence-corrected chi connectivity index (χ0v) is 25.4. The molecule has 3 N–H and O–H groups in total. The van der Waals surface area contributed by atoms with E-state index in [0.29, 0.717) is 51.9 Å². The van der Waals surface area contributed by atoms with Gasteiger partial charge in [-0.05, 0) is 37.6 Å². The van der Waals surface area contributed by atoms with Crippen molar-refractivity contribution in [3.8, 4) is 5.75 Å². The smallest absolute Gasteiger partial charge is 0.305 e. The molecule has 0 saturated carbocycles. The van der Waals surface area contributed by atoms with Crippen molar-refractivity contribution < 1.29 is 43.7 Å². The van der Waals surface area contributed by atoms with Crippen molar-refractivity contribution in [2.24, 2.45) is 5.92 Å². The van der Waals surface area contributed by atoms with Gasteiger partial charge < -0.3 is 34.9 Å². The number of aliphatic carboxylic acids is 1. The maximum absolute atomic E-state index is 13.2. The Kier molecular flexibility index (Phi) is 13.6. The standard InChI is InChI=1S/C20H25N3O7.C9H8Cl2O2/c1-2-5-13-9-22(18(27)12-25)15-6-3-4-7-16(15)23(20(13)30)10-17(26)21-14(11-24)8-19(28)29;1-5(12)6-3-7(10)9(13-2)8(11)4-6/h3-4,6-7,11,13-14,25H,2,5,8-10,12H2,1H3,(H,21,26)(H,28,29);3-4H,1-2H3. The number of amides is 3. The molecule has 43 heavy (non-hydrogen) atoms. The number of carboxylic acids is 1. The fourth-order valence-electron chi connectivity index (χ4n) is 4.38. The van der Waals surface area contributed by atoms with Gasteiger partial charge in [0.05, 0.1) is 46.9 Å². The van der Waals surface area contributed by atoms with Gasteiger partial charge in [-0.15, -0.1) is 0 Å². The van der Waals surface area contributed by atoms with E-state index in [1.54, 1.807) is 24.3 Å². The Balaban J connectivity index is 0.000000413. The molecule has 0 aliphatic carbocycles. The van der Waals surface area contributed by atoms with Crippen LogP contribution < -0.4 is 19.9 Å². The average molecular weight is 639 g/mol. The van der Waals surface area contributed by atoms with Crippen LogP contribution in [0, 0.1) is 5.92 Å². The van der Waals surface area contributed by atoms with Gasteiger partial charge in [0.15, 0.2) is 11.5 Å². The van der Waals surface area contributed by atoms with Crippen LogP contribution in [0.2, 0.25) is 10.0 Å². The number of halogens is 2. The van der Waals surface area contributed by atoms with E-state index in [2.05, 4.69) is 5.32 Å². The first-order chi connectivity index (χ1) is 20.4. The molecule has 232 valence electrons. The summed E-state index contributed by atoms with van der Waals surface area (Å²) in [5.74, 6) is -3.15. The number of benzene rings is 2. The van der Waals surface area contributed by atoms with E-state index in [0.717, 1.165) is 0 Å². The number of nitrogens with zero attached hydrogens (tertiary/aromatic N) is 2. The number of aliphatic hydroxyl groups is 1. The maximum Gasteiger partial charge on any atom is 0.305 e. The minimum Gasteiger partial charge on any atom is -0.494 e. The summed E-state index contributed by atoms with van der Waals surface area (Å²) in [5.41, 5.74) is 1.18. The van der Waals surface area contributed by atoms with Crippen LogP contribution in [-0.2, 0) is 24.0 Å². The van der Waals surface area contributed by atoms with Gasteiger partial charge in [-0.3, -0.25) is 24.0 Å². The summed E-state index contributed by atoms with van der Waals surface area (Å²) in [5, 5.41) is 21.2. The quantitative estimate of drug-likeness (QED) is 0.247. The first-order valence-corrected chi connectivity index (χ1v) is 14.0. The molecule has 1 aliphatic rings. The number of carboxylic acid groups (broad SMARTS) is 1. The lowest BCUT2D eigenvalue weighted by atomic mass is 10.0. The normalized spacial score (nSPS) is 14.8. The van der Waals surface area contributed by atoms with Crippen LogP contribution in [0.25, 0.3) is 0 Å². The summed E-state index contributed by atoms with van der Waals surface area (Å²) < 4.78 is 4.94. The molecular formula is C29H33Cl2N3O9. The van der Waals surface area contributed by atoms with Crippen LogP contribution in [0.3, 0.4) is 0 Å². The lowest BCUT2D eigenvalue weighted by Gasteiger charge is -2.25. The molecule has 12 nitrogen and oxygen atoms in total. The zero-order chi connectivity index (χ0) is 32.3. The van der Waals surface area contributed by atoms with Gasteiger partial charge in [0.1, 0.15) is 19.4 Å². The Morgan fingerprint density at radius 1 is 1.14 bits per heavy atom. The molecule has 2 atom stereocenters. The van der Waals surface area contributed by atoms with Crippen LogP contribution in [0.5, 0.6) is 5.75 Å². The molecule has 2 unspecified atom stereocenters. The minimum absolute atomic E-state index is 0.0666. The predicted octanol–water partition coefficient (Wildman–Crippen LogP) is 3.14. The van der Waals surface area contributed by atoms with Gasteiger partial charge in [-0.1, -0.05) is 48.7 Å². The molecule has 0 spiro atoms. The first-order valence-electron chi connectivity index (χ1n) is 13.2. The zero-order valence-electron chi connectivity index (χ0n) is 23.8. The number of carbonyl (C=O) groups is 6. The van der Waals surface area contributed by atoms with Gasteiger partial charge in [0, 0.05) is 12.1 Å². The maximum atomic E-state index is 13.2. The highest BCUT2D eigenvalue weighted by atomic mass is 35.5. The van der Waals surface area contributed by atoms with Crippen LogP contribution in [-0.4, -0.2) is 78.8 Å². The average Bonchev–Trinajstić information content (AvgIpc) is 3.07. The number of Topliss-reactive ketones (excluding diaryl/α,β-unsaturated/α-hetero) is 1. The molecule has 0 radical (unpaired) electrons. The molecule has 1 aliphatic heterocycles. The monoisotopic (exact) mass is 637 g/mol. The van der Waals surface area contributed by atoms with Gasteiger partial charge in [0.2, 0.25) is 11.8 Å². The summed E-state index contributed by atoms with van der Waals surface area (Å²) in [6.45, 7) is 2.24. The number of ether oxygens (including phenoxy) is 1. The number of methoxy groups -OCH3 is 1. The predicted molar refractivity (Wildman–Crippen MR) is 160 cm³/mol. The Morgan fingerprint density at radius 2 is 1.74 bits per heavy atom. The lowest BCUT2D eigenvalue weighted by Crippen LogP contribution is -2.47. The fraction of sp³-hybridized carbons (Fsp3) is 0.379. The van der Waals surface area contributed by atoms with Crippen LogP contribution in [0.15, 0.2) is 36.4 Å². The van der Waals surface area contributed by atoms with Crippen molar-refractivity contribution in [1.29, 1.82) is 0 Å². The van der Waals surface area contributed by atoms with E-state index in [-0.39, 0.29) is 18.2 Å². The van der Waals surface area contributed by atoms with Crippen molar-refractivity contribution in [2.45, 2.75) is 39.2 Å². The number of para-hydroxylation sites is 2. The van der Waals surface area contributed by atoms with Gasteiger partial charge in [-0.25, -0.2) is 0 Å². The molecule has 1 heterocycles. The number of hydrogen-bond donors (Lipinski definition) is 3. The number of ketones is 1. The Bertz CT molecular complexity index is 1350. The highest BCUT2D eigenvalue weighted by Crippen LogP contribution is 2.35. The second-order valence-electron chi connectivity index (χ2n) is 9.50. The summed E-state index contributed by atoms with van der Waals surface area (Å²) in [6, 6.07) is 8.39. The highest BCUT2D eigenvalue weighted by Gasteiger charge is 2.36. The Morgan fingerprint density at radius 3 is 2.23 bits per heavy atom. The third-order valence-corrected chi connectivity index (χ3v) is 6.93. The van der Waals surface area contributed by atoms with Gasteiger partial charge in [0.25, 0.3) is 5.91 Å². The summed E-state index contributed by atoms with van der Waals surface area (Å²) in [4.78, 5) is 73.4. The third-order valence-electron chi connectivity index (χ3n) is 6.37. The van der Waals surface area contributed by atoms with Crippen molar-refractivity contribution in [2.75, 3.05) is 36.6 Å². The molecular weight excluding hydrogens is 605 g/mol. The van der Waals surface area contributed by atoms with E-state index >= 15 is 0 Å². The fourth-order valence-corrected chi connectivity index (χ4v) is 5.02. The largest absolute Gasteiger partial charge is 0.494 e. The number of aliphatic hydroxyl groups excluding tert-OH is 1. The van der Waals surface area contributed by atoms with E-state index in [1.807, 2.05) is 6.92 Å². The molecule has 0 saturated heterocycles. The number of fused-ring (bicyclic) bond motifs is 1. The molecule has 0 aromatic heterocycles. The Hall–Kier alpha value is -4.00. The highest BCUT2D eigenvalue weighted by molar-refractivity contribution is 6.37. The van der Waals surface area contributed by atoms with Crippen molar-refractivity contribution in [1.82, 2.24) is 5.32 Å². The van der Waals surface area contributed by atoms with E-state index < -0.39 is 49.3 Å². The molecule has 14 heteroatoms. The van der Waals surface area contributed by atoms with Crippen LogP contribution in [0.1, 0.15) is 43.5 Å². The number of aldehydes is 1. The number of nitrogens with one attached hydrogen (secondary N) is 1. The van der Waals surface area contributed by atoms with Crippen LogP contribution >= 0.6 is 23.2 Å². The van der Waals surface area contributed by atoms with Gasteiger partial charge in [-0.2, -0.15) is 0 Å². The Labute approximate surface area is 258 Å². The van der Waals surface area contributed by atoms with Crippen molar-refractivity contribution in [3.63, 3.8) is 0 Å². The molecule has 0 bridgehead atoms. The second kappa shape index (κ2) is 16.6. The SMILES string of the molecule is CCCC1CN(C(=O)CO)c2ccccc2N(CC(=O)NC(C=O)CC(=O)O)C1=O.COc1c(Cl)cc(C(C)=O)cc1Cl. The van der Waals surface area contributed by atoms with Gasteiger partial charge >= 0.3 is 5.97 Å². The number of carbonyl (C=O) groups excluding carboxylic acids is 5. The molecule has 3 amide bonds. The second-order valence-corrected chi connectivity index (χ2v) is 10.3. The minimum atomic E-state index is -1.25. The number of anilines is 2. The summed E-state index contributed by atoms with van der Waals surface area (Å²) in [7, 11) is 1.47. The van der Waals surface area contributed by atoms with Crippen LogP contribution in [0.4, 0.5) is 11.4 Å². The number of rotatable bonds is 11. The topological polar surface area (TPSA) is 171 Å². The van der Waals surface area contributed by atoms with E-state index in [4.69, 9.17) is 33.0 Å². The summed E-state index contributed by atoms with van der Waals surface area (Å²) >= 11 is 11.6. The summed E-state index contributed by atoms with van der Waals surface area (Å²) in [6.07, 6.45) is 0.888. The van der Waals surface area contributed by atoms with Crippen molar-refractivity contribution in [3.05, 3.63) is 52.0 Å².